The normalized spacial score (nSPS) is 15.5. The van der Waals surface area contributed by atoms with Gasteiger partial charge in [-0.1, -0.05) is 23.2 Å². The van der Waals surface area contributed by atoms with E-state index in [0.29, 0.717) is 5.69 Å². The molecule has 1 aromatic carbocycles. The number of anilines is 1. The third-order valence-corrected chi connectivity index (χ3v) is 3.99. The van der Waals surface area contributed by atoms with E-state index in [2.05, 4.69) is 10.2 Å². The number of hydrogen-bond donors (Lipinski definition) is 1. The van der Waals surface area contributed by atoms with Crippen LogP contribution in [-0.2, 0) is 0 Å². The van der Waals surface area contributed by atoms with Crippen LogP contribution >= 0.6 is 23.2 Å². The predicted octanol–water partition coefficient (Wildman–Crippen LogP) is 3.80. The van der Waals surface area contributed by atoms with Crippen molar-refractivity contribution in [2.45, 2.75) is 19.3 Å². The molecule has 0 spiro atoms. The van der Waals surface area contributed by atoms with E-state index < -0.39 is 4.92 Å². The molecular formula is C13H17Cl2N3O2. The Morgan fingerprint density at radius 2 is 1.85 bits per heavy atom. The Morgan fingerprint density at radius 1 is 1.25 bits per heavy atom. The molecule has 0 atom stereocenters. The van der Waals surface area contributed by atoms with E-state index in [-0.39, 0.29) is 15.7 Å². The minimum atomic E-state index is -0.505. The topological polar surface area (TPSA) is 58.4 Å². The molecule has 1 N–H and O–H groups in total. The number of rotatable bonds is 6. The maximum Gasteiger partial charge on any atom is 0.272 e. The first-order chi connectivity index (χ1) is 9.58. The number of nitro groups is 1. The second kappa shape index (κ2) is 7.11. The number of nitrogens with one attached hydrogen (secondary N) is 1. The average molecular weight is 318 g/mol. The Bertz CT molecular complexity index is 467. The molecule has 7 heteroatoms. The molecule has 1 heterocycles. The van der Waals surface area contributed by atoms with Gasteiger partial charge in [-0.2, -0.15) is 0 Å². The molecule has 0 saturated carbocycles. The van der Waals surface area contributed by atoms with Gasteiger partial charge in [-0.25, -0.2) is 0 Å². The van der Waals surface area contributed by atoms with Crippen molar-refractivity contribution in [3.8, 4) is 0 Å². The smallest absolute Gasteiger partial charge is 0.272 e. The standard InChI is InChI=1S/C13H17Cl2N3O2/c14-11-8-10(18(19)20)9-12(15)13(11)16-4-3-7-17-5-1-2-6-17/h8-9,16H,1-7H2. The number of halogens is 2. The Labute approximate surface area is 128 Å². The number of benzene rings is 1. The molecule has 0 bridgehead atoms. The molecule has 2 rings (SSSR count). The molecule has 110 valence electrons. The fourth-order valence-electron chi connectivity index (χ4n) is 2.36. The first-order valence-electron chi connectivity index (χ1n) is 6.67. The van der Waals surface area contributed by atoms with Crippen molar-refractivity contribution in [1.29, 1.82) is 0 Å². The second-order valence-corrected chi connectivity index (χ2v) is 5.69. The molecule has 1 aliphatic rings. The SMILES string of the molecule is O=[N+]([O-])c1cc(Cl)c(NCCCN2CCCC2)c(Cl)c1. The van der Waals surface area contributed by atoms with Gasteiger partial charge >= 0.3 is 0 Å². The monoisotopic (exact) mass is 317 g/mol. The highest BCUT2D eigenvalue weighted by Crippen LogP contribution is 2.34. The average Bonchev–Trinajstić information content (AvgIpc) is 2.89. The van der Waals surface area contributed by atoms with Crippen molar-refractivity contribution in [1.82, 2.24) is 4.90 Å². The van der Waals surface area contributed by atoms with Gasteiger partial charge in [0.05, 0.1) is 20.7 Å². The van der Waals surface area contributed by atoms with Crippen molar-refractivity contribution in [2.24, 2.45) is 0 Å². The van der Waals surface area contributed by atoms with Gasteiger partial charge in [0.15, 0.2) is 0 Å². The summed E-state index contributed by atoms with van der Waals surface area (Å²) in [5.74, 6) is 0. The summed E-state index contributed by atoms with van der Waals surface area (Å²) in [6.07, 6.45) is 3.56. The Balaban J connectivity index is 1.87. The molecule has 1 aromatic rings. The summed E-state index contributed by atoms with van der Waals surface area (Å²) >= 11 is 12.0. The summed E-state index contributed by atoms with van der Waals surface area (Å²) in [5, 5.41) is 14.4. The quantitative estimate of drug-likeness (QED) is 0.492. The number of hydrogen-bond acceptors (Lipinski definition) is 4. The Kier molecular flexibility index (Phi) is 5.46. The van der Waals surface area contributed by atoms with Gasteiger partial charge < -0.3 is 10.2 Å². The minimum absolute atomic E-state index is 0.0948. The largest absolute Gasteiger partial charge is 0.383 e. The van der Waals surface area contributed by atoms with Crippen LogP contribution in [0.2, 0.25) is 10.0 Å². The lowest BCUT2D eigenvalue weighted by Gasteiger charge is -2.15. The van der Waals surface area contributed by atoms with Crippen molar-refractivity contribution < 1.29 is 4.92 Å². The van der Waals surface area contributed by atoms with Crippen LogP contribution in [0.4, 0.5) is 11.4 Å². The van der Waals surface area contributed by atoms with Crippen molar-refractivity contribution >= 4 is 34.6 Å². The zero-order valence-corrected chi connectivity index (χ0v) is 12.6. The van der Waals surface area contributed by atoms with Crippen LogP contribution in [0.3, 0.4) is 0 Å². The molecule has 0 unspecified atom stereocenters. The van der Waals surface area contributed by atoms with Crippen LogP contribution in [0, 0.1) is 10.1 Å². The first-order valence-corrected chi connectivity index (χ1v) is 7.43. The number of nitrogens with zero attached hydrogens (tertiary/aromatic N) is 2. The van der Waals surface area contributed by atoms with E-state index in [1.807, 2.05) is 0 Å². The van der Waals surface area contributed by atoms with Gasteiger partial charge in [-0.05, 0) is 38.9 Å². The van der Waals surface area contributed by atoms with E-state index in [0.717, 1.165) is 19.5 Å². The van der Waals surface area contributed by atoms with Crippen LogP contribution in [-0.4, -0.2) is 36.0 Å². The van der Waals surface area contributed by atoms with Crippen LogP contribution in [0.25, 0.3) is 0 Å². The van der Waals surface area contributed by atoms with Crippen molar-refractivity contribution in [2.75, 3.05) is 31.5 Å². The van der Waals surface area contributed by atoms with Crippen molar-refractivity contribution in [3.05, 3.63) is 32.3 Å². The summed E-state index contributed by atoms with van der Waals surface area (Å²) in [6, 6.07) is 2.63. The van der Waals surface area contributed by atoms with E-state index in [9.17, 15) is 10.1 Å². The summed E-state index contributed by atoms with van der Waals surface area (Å²) in [7, 11) is 0. The lowest BCUT2D eigenvalue weighted by molar-refractivity contribution is -0.384. The highest BCUT2D eigenvalue weighted by molar-refractivity contribution is 6.39. The molecule has 1 aliphatic heterocycles. The fraction of sp³-hybridized carbons (Fsp3) is 0.538. The molecule has 0 radical (unpaired) electrons. The van der Waals surface area contributed by atoms with Gasteiger partial charge in [0, 0.05) is 18.7 Å². The van der Waals surface area contributed by atoms with Crippen molar-refractivity contribution in [3.63, 3.8) is 0 Å². The highest BCUT2D eigenvalue weighted by Gasteiger charge is 2.14. The van der Waals surface area contributed by atoms with E-state index in [4.69, 9.17) is 23.2 Å². The number of likely N-dealkylation sites (tertiary alicyclic amines) is 1. The maximum atomic E-state index is 10.7. The number of non-ortho nitro benzene ring substituents is 1. The van der Waals surface area contributed by atoms with Gasteiger partial charge in [0.25, 0.3) is 5.69 Å². The molecule has 5 nitrogen and oxygen atoms in total. The first kappa shape index (κ1) is 15.4. The van der Waals surface area contributed by atoms with E-state index in [1.54, 1.807) is 0 Å². The lowest BCUT2D eigenvalue weighted by Crippen LogP contribution is -2.22. The van der Waals surface area contributed by atoms with Gasteiger partial charge in [-0.3, -0.25) is 10.1 Å². The zero-order valence-electron chi connectivity index (χ0n) is 11.1. The molecule has 1 saturated heterocycles. The lowest BCUT2D eigenvalue weighted by atomic mass is 10.2. The highest BCUT2D eigenvalue weighted by atomic mass is 35.5. The van der Waals surface area contributed by atoms with E-state index in [1.165, 1.54) is 38.1 Å². The van der Waals surface area contributed by atoms with Gasteiger partial charge in [0.1, 0.15) is 0 Å². The van der Waals surface area contributed by atoms with E-state index >= 15 is 0 Å². The van der Waals surface area contributed by atoms with Crippen LogP contribution < -0.4 is 5.32 Å². The Hall–Kier alpha value is -1.04. The van der Waals surface area contributed by atoms with Crippen LogP contribution in [0.15, 0.2) is 12.1 Å². The van der Waals surface area contributed by atoms with Crippen LogP contribution in [0.5, 0.6) is 0 Å². The molecule has 0 aromatic heterocycles. The van der Waals surface area contributed by atoms with Gasteiger partial charge in [0.2, 0.25) is 0 Å². The second-order valence-electron chi connectivity index (χ2n) is 4.87. The zero-order chi connectivity index (χ0) is 14.5. The summed E-state index contributed by atoms with van der Waals surface area (Å²) in [5.41, 5.74) is 0.475. The summed E-state index contributed by atoms with van der Waals surface area (Å²) in [4.78, 5) is 12.6. The number of nitro benzene ring substituents is 1. The fourth-order valence-corrected chi connectivity index (χ4v) is 2.97. The predicted molar refractivity (Wildman–Crippen MR) is 81.9 cm³/mol. The molecule has 1 fully saturated rings. The maximum absolute atomic E-state index is 10.7. The third-order valence-electron chi connectivity index (χ3n) is 3.39. The molecular weight excluding hydrogens is 301 g/mol. The summed E-state index contributed by atoms with van der Waals surface area (Å²) < 4.78 is 0. The molecule has 0 aliphatic carbocycles. The summed E-state index contributed by atoms with van der Waals surface area (Å²) in [6.45, 7) is 4.15. The minimum Gasteiger partial charge on any atom is -0.383 e. The Morgan fingerprint density at radius 3 is 2.40 bits per heavy atom. The molecule has 20 heavy (non-hydrogen) atoms. The third kappa shape index (κ3) is 3.98. The van der Waals surface area contributed by atoms with Gasteiger partial charge in [-0.15, -0.1) is 0 Å². The van der Waals surface area contributed by atoms with Crippen LogP contribution in [0.1, 0.15) is 19.3 Å². The molecule has 0 amide bonds.